The van der Waals surface area contributed by atoms with Crippen molar-refractivity contribution in [2.24, 2.45) is 0 Å². The second kappa shape index (κ2) is 5.33. The molecule has 0 bridgehead atoms. The SMILES string of the molecule is CC(C)(CNC(=O)C(F)(F)C1(O)CCC1)c1ccncc1. The molecule has 21 heavy (non-hydrogen) atoms. The number of amides is 1. The van der Waals surface area contributed by atoms with Crippen LogP contribution in [0.25, 0.3) is 0 Å². The number of pyridine rings is 1. The molecular weight excluding hydrogens is 278 g/mol. The van der Waals surface area contributed by atoms with Crippen molar-refractivity contribution in [2.75, 3.05) is 6.54 Å². The molecule has 1 aromatic heterocycles. The van der Waals surface area contributed by atoms with E-state index in [1.54, 1.807) is 24.5 Å². The topological polar surface area (TPSA) is 62.2 Å². The first-order valence-corrected chi connectivity index (χ1v) is 6.98. The van der Waals surface area contributed by atoms with Crippen LogP contribution in [0.15, 0.2) is 24.5 Å². The monoisotopic (exact) mass is 298 g/mol. The number of aromatic nitrogens is 1. The standard InChI is InChI=1S/C15H20F2N2O2/c1-13(2,11-4-8-18-9-5-11)10-19-12(20)15(16,17)14(21)6-3-7-14/h4-5,8-9,21H,3,6-7,10H2,1-2H3,(H,19,20). The van der Waals surface area contributed by atoms with Crippen LogP contribution in [0.1, 0.15) is 38.7 Å². The summed E-state index contributed by atoms with van der Waals surface area (Å²) in [6.45, 7) is 3.75. The van der Waals surface area contributed by atoms with Crippen molar-refractivity contribution < 1.29 is 18.7 Å². The fraction of sp³-hybridized carbons (Fsp3) is 0.600. The van der Waals surface area contributed by atoms with Gasteiger partial charge in [0, 0.05) is 24.4 Å². The Morgan fingerprint density at radius 2 is 1.95 bits per heavy atom. The van der Waals surface area contributed by atoms with Gasteiger partial charge < -0.3 is 10.4 Å². The van der Waals surface area contributed by atoms with Gasteiger partial charge in [-0.15, -0.1) is 0 Å². The molecule has 4 nitrogen and oxygen atoms in total. The molecule has 2 rings (SSSR count). The largest absolute Gasteiger partial charge is 0.383 e. The Bertz CT molecular complexity index is 514. The molecule has 0 radical (unpaired) electrons. The molecule has 0 saturated heterocycles. The zero-order valence-electron chi connectivity index (χ0n) is 12.2. The predicted octanol–water partition coefficient (Wildman–Crippen LogP) is 2.03. The first kappa shape index (κ1) is 15.8. The van der Waals surface area contributed by atoms with Crippen molar-refractivity contribution in [1.82, 2.24) is 10.3 Å². The van der Waals surface area contributed by atoms with Crippen LogP contribution >= 0.6 is 0 Å². The average Bonchev–Trinajstić information content (AvgIpc) is 2.43. The zero-order valence-corrected chi connectivity index (χ0v) is 12.2. The molecule has 1 aliphatic rings. The van der Waals surface area contributed by atoms with Crippen molar-refractivity contribution in [1.29, 1.82) is 0 Å². The summed E-state index contributed by atoms with van der Waals surface area (Å²) < 4.78 is 27.9. The lowest BCUT2D eigenvalue weighted by Gasteiger charge is -2.41. The highest BCUT2D eigenvalue weighted by molar-refractivity contribution is 5.85. The van der Waals surface area contributed by atoms with Crippen LogP contribution in [-0.2, 0) is 10.2 Å². The van der Waals surface area contributed by atoms with Crippen LogP contribution in [0.2, 0.25) is 0 Å². The molecule has 1 saturated carbocycles. The Balaban J connectivity index is 2.01. The van der Waals surface area contributed by atoms with Gasteiger partial charge in [-0.3, -0.25) is 9.78 Å². The molecule has 116 valence electrons. The number of carbonyl (C=O) groups is 1. The Morgan fingerprint density at radius 1 is 1.38 bits per heavy atom. The Hall–Kier alpha value is -1.56. The number of halogens is 2. The van der Waals surface area contributed by atoms with Crippen molar-refractivity contribution in [3.05, 3.63) is 30.1 Å². The second-order valence-corrected chi connectivity index (χ2v) is 6.26. The van der Waals surface area contributed by atoms with Crippen molar-refractivity contribution >= 4 is 5.91 Å². The van der Waals surface area contributed by atoms with Crippen LogP contribution < -0.4 is 5.32 Å². The first-order chi connectivity index (χ1) is 9.69. The number of aliphatic hydroxyl groups is 1. The van der Waals surface area contributed by atoms with Crippen molar-refractivity contribution in [2.45, 2.75) is 50.0 Å². The van der Waals surface area contributed by atoms with E-state index in [-0.39, 0.29) is 19.4 Å². The summed E-state index contributed by atoms with van der Waals surface area (Å²) in [6, 6.07) is 3.56. The molecule has 6 heteroatoms. The summed E-state index contributed by atoms with van der Waals surface area (Å²) in [5.41, 5.74) is -1.79. The molecule has 1 amide bonds. The van der Waals surface area contributed by atoms with E-state index in [9.17, 15) is 18.7 Å². The number of hydrogen-bond donors (Lipinski definition) is 2. The molecule has 1 heterocycles. The van der Waals surface area contributed by atoms with Gasteiger partial charge in [-0.05, 0) is 37.0 Å². The fourth-order valence-electron chi connectivity index (χ4n) is 2.35. The van der Waals surface area contributed by atoms with Gasteiger partial charge in [0.15, 0.2) is 0 Å². The van der Waals surface area contributed by atoms with Crippen LogP contribution in [0.4, 0.5) is 8.78 Å². The smallest absolute Gasteiger partial charge is 0.352 e. The van der Waals surface area contributed by atoms with E-state index >= 15 is 0 Å². The second-order valence-electron chi connectivity index (χ2n) is 6.26. The van der Waals surface area contributed by atoms with Gasteiger partial charge in [-0.2, -0.15) is 8.78 Å². The van der Waals surface area contributed by atoms with E-state index < -0.39 is 22.8 Å². The maximum atomic E-state index is 14.0. The third kappa shape index (κ3) is 2.90. The summed E-state index contributed by atoms with van der Waals surface area (Å²) in [6.07, 6.45) is 3.67. The number of alkyl halides is 2. The van der Waals surface area contributed by atoms with Gasteiger partial charge in [-0.1, -0.05) is 13.8 Å². The maximum absolute atomic E-state index is 14.0. The number of rotatable bonds is 5. The molecule has 1 aliphatic carbocycles. The number of nitrogens with one attached hydrogen (secondary N) is 1. The van der Waals surface area contributed by atoms with Gasteiger partial charge in [0.2, 0.25) is 0 Å². The lowest BCUT2D eigenvalue weighted by atomic mass is 9.75. The summed E-state index contributed by atoms with van der Waals surface area (Å²) in [7, 11) is 0. The van der Waals surface area contributed by atoms with E-state index in [0.29, 0.717) is 6.42 Å². The molecule has 0 unspecified atom stereocenters. The lowest BCUT2D eigenvalue weighted by molar-refractivity contribution is -0.216. The summed E-state index contributed by atoms with van der Waals surface area (Å²) in [5, 5.41) is 12.0. The first-order valence-electron chi connectivity index (χ1n) is 6.98. The Labute approximate surface area is 122 Å². The molecular formula is C15H20F2N2O2. The molecule has 1 aromatic rings. The quantitative estimate of drug-likeness (QED) is 0.874. The fourth-order valence-corrected chi connectivity index (χ4v) is 2.35. The van der Waals surface area contributed by atoms with Crippen LogP contribution in [-0.4, -0.2) is 34.1 Å². The van der Waals surface area contributed by atoms with Crippen molar-refractivity contribution in [3.63, 3.8) is 0 Å². The number of hydrogen-bond acceptors (Lipinski definition) is 3. The highest BCUT2D eigenvalue weighted by Crippen LogP contribution is 2.44. The summed E-state index contributed by atoms with van der Waals surface area (Å²) in [5.74, 6) is -5.16. The van der Waals surface area contributed by atoms with Crippen LogP contribution in [0.3, 0.4) is 0 Å². The highest BCUT2D eigenvalue weighted by atomic mass is 19.3. The number of nitrogens with zero attached hydrogens (tertiary/aromatic N) is 1. The molecule has 0 aromatic carbocycles. The molecule has 2 N–H and O–H groups in total. The molecule has 0 atom stereocenters. The Kier molecular flexibility index (Phi) is 4.02. The third-order valence-electron chi connectivity index (χ3n) is 4.20. The van der Waals surface area contributed by atoms with Gasteiger partial charge >= 0.3 is 5.92 Å². The minimum Gasteiger partial charge on any atom is -0.383 e. The van der Waals surface area contributed by atoms with Gasteiger partial charge in [-0.25, -0.2) is 0 Å². The van der Waals surface area contributed by atoms with E-state index in [4.69, 9.17) is 0 Å². The number of carbonyl (C=O) groups excluding carboxylic acids is 1. The average molecular weight is 298 g/mol. The van der Waals surface area contributed by atoms with E-state index in [2.05, 4.69) is 10.3 Å². The maximum Gasteiger partial charge on any atom is 0.352 e. The molecule has 0 spiro atoms. The molecule has 0 aliphatic heterocycles. The lowest BCUT2D eigenvalue weighted by Crippen LogP contribution is -2.61. The van der Waals surface area contributed by atoms with Crippen molar-refractivity contribution in [3.8, 4) is 0 Å². The highest BCUT2D eigenvalue weighted by Gasteiger charge is 2.61. The van der Waals surface area contributed by atoms with E-state index in [1.165, 1.54) is 0 Å². The minimum absolute atomic E-state index is 0.0405. The third-order valence-corrected chi connectivity index (χ3v) is 4.20. The van der Waals surface area contributed by atoms with E-state index in [0.717, 1.165) is 5.56 Å². The molecule has 1 fully saturated rings. The van der Waals surface area contributed by atoms with Crippen LogP contribution in [0, 0.1) is 0 Å². The van der Waals surface area contributed by atoms with Gasteiger partial charge in [0.1, 0.15) is 5.60 Å². The predicted molar refractivity (Wildman–Crippen MR) is 74.0 cm³/mol. The minimum atomic E-state index is -3.75. The van der Waals surface area contributed by atoms with E-state index in [1.807, 2.05) is 13.8 Å². The zero-order chi connectivity index (χ0) is 15.7. The normalized spacial score (nSPS) is 18.0. The van der Waals surface area contributed by atoms with Crippen LogP contribution in [0.5, 0.6) is 0 Å². The summed E-state index contributed by atoms with van der Waals surface area (Å²) >= 11 is 0. The van der Waals surface area contributed by atoms with Gasteiger partial charge in [0.05, 0.1) is 0 Å². The Morgan fingerprint density at radius 3 is 2.43 bits per heavy atom. The van der Waals surface area contributed by atoms with Gasteiger partial charge in [0.25, 0.3) is 5.91 Å². The summed E-state index contributed by atoms with van der Waals surface area (Å²) in [4.78, 5) is 15.7.